The summed E-state index contributed by atoms with van der Waals surface area (Å²) in [6.45, 7) is 3.83. The predicted molar refractivity (Wildman–Crippen MR) is 62.2 cm³/mol. The van der Waals surface area contributed by atoms with Crippen LogP contribution in [0, 0.1) is 5.92 Å². The van der Waals surface area contributed by atoms with Gasteiger partial charge in [0.2, 0.25) is 0 Å². The van der Waals surface area contributed by atoms with Gasteiger partial charge in [-0.3, -0.25) is 4.79 Å². The lowest BCUT2D eigenvalue weighted by molar-refractivity contribution is -0.147. The fourth-order valence-electron chi connectivity index (χ4n) is 2.42. The largest absolute Gasteiger partial charge is 0.464 e. The van der Waals surface area contributed by atoms with Crippen LogP contribution in [0.25, 0.3) is 0 Å². The molecule has 2 saturated heterocycles. The quantitative estimate of drug-likeness (QED) is 0.716. The lowest BCUT2D eigenvalue weighted by atomic mass is 9.98. The summed E-state index contributed by atoms with van der Waals surface area (Å²) >= 11 is 0. The number of nitrogens with zero attached hydrogens (tertiary/aromatic N) is 1. The van der Waals surface area contributed by atoms with Gasteiger partial charge in [0.1, 0.15) is 6.04 Å². The minimum Gasteiger partial charge on any atom is -0.464 e. The Labute approximate surface area is 97.3 Å². The summed E-state index contributed by atoms with van der Waals surface area (Å²) in [4.78, 5) is 14.0. The Morgan fingerprint density at radius 3 is 2.75 bits per heavy atom. The number of esters is 1. The zero-order chi connectivity index (χ0) is 11.4. The average molecular weight is 226 g/mol. The summed E-state index contributed by atoms with van der Waals surface area (Å²) in [6.07, 6.45) is 4.34. The SMILES string of the molecule is CN1CCC(COC(=O)C2CCCN2)CC1. The second kappa shape index (κ2) is 5.64. The third-order valence-electron chi connectivity index (χ3n) is 3.64. The first-order valence-electron chi connectivity index (χ1n) is 6.34. The second-order valence-corrected chi connectivity index (χ2v) is 5.03. The Bertz CT molecular complexity index is 231. The van der Waals surface area contributed by atoms with Gasteiger partial charge < -0.3 is 15.0 Å². The van der Waals surface area contributed by atoms with Crippen molar-refractivity contribution in [1.82, 2.24) is 10.2 Å². The summed E-state index contributed by atoms with van der Waals surface area (Å²) in [5.74, 6) is 0.526. The van der Waals surface area contributed by atoms with Gasteiger partial charge in [-0.25, -0.2) is 0 Å². The lowest BCUT2D eigenvalue weighted by Crippen LogP contribution is -2.36. The molecule has 92 valence electrons. The highest BCUT2D eigenvalue weighted by Crippen LogP contribution is 2.17. The molecule has 1 atom stereocenters. The van der Waals surface area contributed by atoms with Crippen molar-refractivity contribution >= 4 is 5.97 Å². The van der Waals surface area contributed by atoms with E-state index in [-0.39, 0.29) is 12.0 Å². The first kappa shape index (κ1) is 11.9. The van der Waals surface area contributed by atoms with Crippen LogP contribution in [0.5, 0.6) is 0 Å². The van der Waals surface area contributed by atoms with E-state index in [1.165, 1.54) is 0 Å². The highest BCUT2D eigenvalue weighted by Gasteiger charge is 2.25. The van der Waals surface area contributed by atoms with Crippen LogP contribution < -0.4 is 5.32 Å². The molecule has 0 saturated carbocycles. The summed E-state index contributed by atoms with van der Waals surface area (Å²) in [6, 6.07) is -0.0359. The molecule has 16 heavy (non-hydrogen) atoms. The fraction of sp³-hybridized carbons (Fsp3) is 0.917. The van der Waals surface area contributed by atoms with E-state index in [1.54, 1.807) is 0 Å². The van der Waals surface area contributed by atoms with E-state index in [4.69, 9.17) is 4.74 Å². The number of carbonyl (C=O) groups is 1. The second-order valence-electron chi connectivity index (χ2n) is 5.03. The number of rotatable bonds is 3. The third kappa shape index (κ3) is 3.19. The monoisotopic (exact) mass is 226 g/mol. The normalized spacial score (nSPS) is 28.2. The molecule has 0 amide bonds. The highest BCUT2D eigenvalue weighted by atomic mass is 16.5. The molecule has 0 spiro atoms. The van der Waals surface area contributed by atoms with Gasteiger partial charge in [0.15, 0.2) is 0 Å². The van der Waals surface area contributed by atoms with Crippen LogP contribution in [0.2, 0.25) is 0 Å². The summed E-state index contributed by atoms with van der Waals surface area (Å²) in [5, 5.41) is 3.17. The highest BCUT2D eigenvalue weighted by molar-refractivity contribution is 5.76. The fourth-order valence-corrected chi connectivity index (χ4v) is 2.42. The molecule has 0 aromatic carbocycles. The lowest BCUT2D eigenvalue weighted by Gasteiger charge is -2.28. The van der Waals surface area contributed by atoms with Gasteiger partial charge in [0.05, 0.1) is 6.61 Å². The molecule has 4 nitrogen and oxygen atoms in total. The van der Waals surface area contributed by atoms with E-state index in [0.717, 1.165) is 45.3 Å². The number of piperidine rings is 1. The Morgan fingerprint density at radius 1 is 1.38 bits per heavy atom. The molecule has 0 aliphatic carbocycles. The Morgan fingerprint density at radius 2 is 2.12 bits per heavy atom. The zero-order valence-corrected chi connectivity index (χ0v) is 10.1. The molecule has 2 heterocycles. The first-order valence-corrected chi connectivity index (χ1v) is 6.34. The van der Waals surface area contributed by atoms with Crippen LogP contribution in [-0.4, -0.2) is 50.2 Å². The number of nitrogens with one attached hydrogen (secondary N) is 1. The van der Waals surface area contributed by atoms with E-state index in [1.807, 2.05) is 0 Å². The van der Waals surface area contributed by atoms with Crippen LogP contribution in [-0.2, 0) is 9.53 Å². The van der Waals surface area contributed by atoms with Crippen molar-refractivity contribution in [3.63, 3.8) is 0 Å². The summed E-state index contributed by atoms with van der Waals surface area (Å²) in [7, 11) is 2.14. The molecule has 1 unspecified atom stereocenters. The molecule has 0 aromatic heterocycles. The summed E-state index contributed by atoms with van der Waals surface area (Å²) < 4.78 is 5.38. The van der Waals surface area contributed by atoms with Crippen molar-refractivity contribution in [2.75, 3.05) is 33.3 Å². The first-order chi connectivity index (χ1) is 7.75. The number of likely N-dealkylation sites (tertiary alicyclic amines) is 1. The average Bonchev–Trinajstić information content (AvgIpc) is 2.81. The molecular weight excluding hydrogens is 204 g/mol. The number of hydrogen-bond donors (Lipinski definition) is 1. The maximum absolute atomic E-state index is 11.7. The number of ether oxygens (including phenoxy) is 1. The van der Waals surface area contributed by atoms with Gasteiger partial charge in [0, 0.05) is 0 Å². The van der Waals surface area contributed by atoms with Crippen molar-refractivity contribution in [3.05, 3.63) is 0 Å². The van der Waals surface area contributed by atoms with Gasteiger partial charge in [-0.15, -0.1) is 0 Å². The van der Waals surface area contributed by atoms with Crippen molar-refractivity contribution in [1.29, 1.82) is 0 Å². The molecule has 1 N–H and O–H groups in total. The Kier molecular flexibility index (Phi) is 4.18. The van der Waals surface area contributed by atoms with E-state index < -0.39 is 0 Å². The standard InChI is InChI=1S/C12H22N2O2/c1-14-7-4-10(5-8-14)9-16-12(15)11-3-2-6-13-11/h10-11,13H,2-9H2,1H3. The molecule has 4 heteroatoms. The maximum atomic E-state index is 11.7. The maximum Gasteiger partial charge on any atom is 0.323 e. The van der Waals surface area contributed by atoms with Gasteiger partial charge in [-0.1, -0.05) is 0 Å². The Hall–Kier alpha value is -0.610. The minimum atomic E-state index is -0.0450. The molecule has 0 radical (unpaired) electrons. The predicted octanol–water partition coefficient (Wildman–Crippen LogP) is 0.623. The number of hydrogen-bond acceptors (Lipinski definition) is 4. The molecule has 0 bridgehead atoms. The summed E-state index contributed by atoms with van der Waals surface area (Å²) in [5.41, 5.74) is 0. The Balaban J connectivity index is 1.65. The van der Waals surface area contributed by atoms with Crippen LogP contribution >= 0.6 is 0 Å². The van der Waals surface area contributed by atoms with Crippen LogP contribution in [0.4, 0.5) is 0 Å². The molecular formula is C12H22N2O2. The van der Waals surface area contributed by atoms with Gasteiger partial charge in [0.25, 0.3) is 0 Å². The van der Waals surface area contributed by atoms with E-state index in [0.29, 0.717) is 12.5 Å². The minimum absolute atomic E-state index is 0.0359. The van der Waals surface area contributed by atoms with Crippen molar-refractivity contribution in [2.45, 2.75) is 31.7 Å². The van der Waals surface area contributed by atoms with Crippen LogP contribution in [0.1, 0.15) is 25.7 Å². The van der Waals surface area contributed by atoms with Crippen LogP contribution in [0.3, 0.4) is 0 Å². The number of carbonyl (C=O) groups excluding carboxylic acids is 1. The molecule has 2 aliphatic heterocycles. The molecule has 0 aromatic rings. The van der Waals surface area contributed by atoms with E-state index in [9.17, 15) is 4.79 Å². The zero-order valence-electron chi connectivity index (χ0n) is 10.1. The molecule has 2 fully saturated rings. The van der Waals surface area contributed by atoms with Crippen molar-refractivity contribution in [3.8, 4) is 0 Å². The van der Waals surface area contributed by atoms with Gasteiger partial charge >= 0.3 is 5.97 Å². The third-order valence-corrected chi connectivity index (χ3v) is 3.64. The molecule has 2 aliphatic rings. The smallest absolute Gasteiger partial charge is 0.323 e. The van der Waals surface area contributed by atoms with E-state index in [2.05, 4.69) is 17.3 Å². The van der Waals surface area contributed by atoms with Gasteiger partial charge in [-0.05, 0) is 58.3 Å². The molecule has 2 rings (SSSR count). The van der Waals surface area contributed by atoms with Crippen LogP contribution in [0.15, 0.2) is 0 Å². The van der Waals surface area contributed by atoms with Gasteiger partial charge in [-0.2, -0.15) is 0 Å². The van der Waals surface area contributed by atoms with Crippen molar-refractivity contribution < 1.29 is 9.53 Å². The topological polar surface area (TPSA) is 41.6 Å². The van der Waals surface area contributed by atoms with E-state index >= 15 is 0 Å². The van der Waals surface area contributed by atoms with Crippen molar-refractivity contribution in [2.24, 2.45) is 5.92 Å².